The molecule has 0 radical (unpaired) electrons. The molecule has 27 heavy (non-hydrogen) atoms. The van der Waals surface area contributed by atoms with Crippen molar-refractivity contribution in [3.05, 3.63) is 76.5 Å². The van der Waals surface area contributed by atoms with Crippen molar-refractivity contribution in [3.8, 4) is 5.75 Å². The van der Waals surface area contributed by atoms with Crippen LogP contribution in [0.3, 0.4) is 0 Å². The van der Waals surface area contributed by atoms with Crippen molar-refractivity contribution < 1.29 is 9.53 Å². The van der Waals surface area contributed by atoms with Gasteiger partial charge in [0.1, 0.15) is 18.2 Å². The maximum absolute atomic E-state index is 12.5. The molecule has 0 unspecified atom stereocenters. The normalized spacial score (nSPS) is 10.9. The van der Waals surface area contributed by atoms with Gasteiger partial charge in [-0.25, -0.2) is 9.97 Å². The molecule has 0 aliphatic heterocycles. The number of hydrogen-bond acceptors (Lipinski definition) is 5. The van der Waals surface area contributed by atoms with Crippen LogP contribution < -0.4 is 10.1 Å². The Hall–Kier alpha value is -3.19. The molecular weight excluding hydrogens is 360 g/mol. The van der Waals surface area contributed by atoms with Crippen molar-refractivity contribution in [2.24, 2.45) is 7.05 Å². The summed E-state index contributed by atoms with van der Waals surface area (Å²) < 4.78 is 7.70. The fourth-order valence-electron chi connectivity index (χ4n) is 2.81. The lowest BCUT2D eigenvalue weighted by Gasteiger charge is -2.08. The fourth-order valence-corrected chi connectivity index (χ4v) is 3.35. The molecule has 0 saturated carbocycles. The highest BCUT2D eigenvalue weighted by Crippen LogP contribution is 2.16. The largest absolute Gasteiger partial charge is 0.487 e. The number of carbonyl (C=O) groups is 1. The summed E-state index contributed by atoms with van der Waals surface area (Å²) in [6, 6.07) is 15.0. The Morgan fingerprint density at radius 1 is 1.22 bits per heavy atom. The molecule has 2 aromatic carbocycles. The van der Waals surface area contributed by atoms with E-state index in [1.807, 2.05) is 47.3 Å². The molecule has 7 heteroatoms. The minimum Gasteiger partial charge on any atom is -0.487 e. The van der Waals surface area contributed by atoms with Gasteiger partial charge in [-0.2, -0.15) is 0 Å². The lowest BCUT2D eigenvalue weighted by atomic mass is 10.2. The summed E-state index contributed by atoms with van der Waals surface area (Å²) in [5.74, 6) is 1.28. The Kier molecular flexibility index (Phi) is 4.84. The average molecular weight is 378 g/mol. The molecule has 6 nitrogen and oxygen atoms in total. The van der Waals surface area contributed by atoms with E-state index in [2.05, 4.69) is 15.3 Å². The molecule has 1 amide bonds. The van der Waals surface area contributed by atoms with E-state index in [0.717, 1.165) is 22.6 Å². The second-order valence-electron chi connectivity index (χ2n) is 6.05. The lowest BCUT2D eigenvalue weighted by molar-refractivity contribution is 0.0949. The summed E-state index contributed by atoms with van der Waals surface area (Å²) in [5.41, 5.74) is 5.14. The van der Waals surface area contributed by atoms with E-state index in [-0.39, 0.29) is 5.91 Å². The summed E-state index contributed by atoms with van der Waals surface area (Å²) in [5, 5.41) is 4.86. The number of thiazole rings is 1. The van der Waals surface area contributed by atoms with Crippen LogP contribution in [0.5, 0.6) is 5.75 Å². The van der Waals surface area contributed by atoms with Gasteiger partial charge in [-0.1, -0.05) is 18.2 Å². The molecule has 2 aromatic heterocycles. The maximum atomic E-state index is 12.5. The van der Waals surface area contributed by atoms with Crippen molar-refractivity contribution >= 4 is 28.3 Å². The summed E-state index contributed by atoms with van der Waals surface area (Å²) in [4.78, 5) is 21.3. The van der Waals surface area contributed by atoms with Crippen LogP contribution >= 0.6 is 11.3 Å². The van der Waals surface area contributed by atoms with Crippen molar-refractivity contribution in [1.82, 2.24) is 19.9 Å². The van der Waals surface area contributed by atoms with Gasteiger partial charge in [-0.3, -0.25) is 4.79 Å². The van der Waals surface area contributed by atoms with Gasteiger partial charge >= 0.3 is 0 Å². The number of ether oxygens (including phenoxy) is 1. The molecule has 0 saturated heterocycles. The Bertz CT molecular complexity index is 1070. The number of aryl methyl sites for hydroxylation is 1. The summed E-state index contributed by atoms with van der Waals surface area (Å²) in [6.45, 7) is 0.738. The highest BCUT2D eigenvalue weighted by molar-refractivity contribution is 7.07. The van der Waals surface area contributed by atoms with Crippen LogP contribution in [0.15, 0.2) is 59.4 Å². The Labute approximate surface area is 160 Å². The number of fused-ring (bicyclic) bond motifs is 1. The van der Waals surface area contributed by atoms with Gasteiger partial charge < -0.3 is 14.6 Å². The van der Waals surface area contributed by atoms with Crippen molar-refractivity contribution in [2.45, 2.75) is 13.2 Å². The van der Waals surface area contributed by atoms with Crippen LogP contribution in [0.1, 0.15) is 21.9 Å². The van der Waals surface area contributed by atoms with Crippen molar-refractivity contribution in [3.63, 3.8) is 0 Å². The average Bonchev–Trinajstić information content (AvgIpc) is 3.33. The van der Waals surface area contributed by atoms with E-state index < -0.39 is 0 Å². The zero-order valence-corrected chi connectivity index (χ0v) is 15.6. The molecule has 0 bridgehead atoms. The van der Waals surface area contributed by atoms with Gasteiger partial charge in [0.05, 0.1) is 28.8 Å². The van der Waals surface area contributed by atoms with Gasteiger partial charge in [-0.05, 0) is 30.3 Å². The molecule has 0 atom stereocenters. The molecule has 0 spiro atoms. The monoisotopic (exact) mass is 378 g/mol. The van der Waals surface area contributed by atoms with E-state index in [4.69, 9.17) is 4.74 Å². The molecule has 0 aliphatic carbocycles. The van der Waals surface area contributed by atoms with Crippen LogP contribution in [0.4, 0.5) is 0 Å². The van der Waals surface area contributed by atoms with Gasteiger partial charge in [0.25, 0.3) is 5.91 Å². The molecule has 2 heterocycles. The Balaban J connectivity index is 1.41. The summed E-state index contributed by atoms with van der Waals surface area (Å²) in [7, 11) is 1.95. The third-order valence-corrected chi connectivity index (χ3v) is 4.89. The summed E-state index contributed by atoms with van der Waals surface area (Å²) in [6.07, 6.45) is 0. The van der Waals surface area contributed by atoms with E-state index >= 15 is 0 Å². The number of benzene rings is 2. The first-order valence-electron chi connectivity index (χ1n) is 8.49. The Morgan fingerprint density at radius 2 is 2.11 bits per heavy atom. The van der Waals surface area contributed by atoms with E-state index in [1.165, 1.54) is 11.3 Å². The predicted molar refractivity (Wildman–Crippen MR) is 105 cm³/mol. The van der Waals surface area contributed by atoms with Crippen LogP contribution in [0.2, 0.25) is 0 Å². The summed E-state index contributed by atoms with van der Waals surface area (Å²) >= 11 is 1.53. The third kappa shape index (κ3) is 3.83. The topological polar surface area (TPSA) is 69.0 Å². The van der Waals surface area contributed by atoms with Gasteiger partial charge in [0.15, 0.2) is 0 Å². The quantitative estimate of drug-likeness (QED) is 0.557. The molecule has 4 aromatic rings. The smallest absolute Gasteiger partial charge is 0.251 e. The van der Waals surface area contributed by atoms with Crippen molar-refractivity contribution in [1.29, 1.82) is 0 Å². The first-order valence-corrected chi connectivity index (χ1v) is 9.43. The third-order valence-electron chi connectivity index (χ3n) is 4.25. The van der Waals surface area contributed by atoms with Gasteiger partial charge in [-0.15, -0.1) is 11.3 Å². The second-order valence-corrected chi connectivity index (χ2v) is 6.77. The lowest BCUT2D eigenvalue weighted by Crippen LogP contribution is -2.24. The number of rotatable bonds is 6. The molecule has 0 fully saturated rings. The number of aromatic nitrogens is 3. The number of imidazole rings is 1. The van der Waals surface area contributed by atoms with Crippen LogP contribution in [0, 0.1) is 0 Å². The number of nitrogens with one attached hydrogen (secondary N) is 1. The zero-order valence-electron chi connectivity index (χ0n) is 14.8. The van der Waals surface area contributed by atoms with Crippen LogP contribution in [-0.2, 0) is 20.2 Å². The maximum Gasteiger partial charge on any atom is 0.251 e. The highest BCUT2D eigenvalue weighted by atomic mass is 32.1. The van der Waals surface area contributed by atoms with E-state index in [9.17, 15) is 4.79 Å². The second kappa shape index (κ2) is 7.59. The number of carbonyl (C=O) groups excluding carboxylic acids is 1. The highest BCUT2D eigenvalue weighted by Gasteiger charge is 2.11. The SMILES string of the molecule is Cn1c(CNC(=O)c2cccc(OCc3cscn3)c2)nc2ccccc21. The zero-order chi connectivity index (χ0) is 18.6. The fraction of sp³-hybridized carbons (Fsp3) is 0.150. The predicted octanol–water partition coefficient (Wildman–Crippen LogP) is 3.54. The number of amides is 1. The van der Waals surface area contributed by atoms with E-state index in [0.29, 0.717) is 24.5 Å². The Morgan fingerprint density at radius 3 is 2.93 bits per heavy atom. The van der Waals surface area contributed by atoms with Gasteiger partial charge in [0, 0.05) is 18.0 Å². The van der Waals surface area contributed by atoms with E-state index in [1.54, 1.807) is 23.7 Å². The minimum absolute atomic E-state index is 0.166. The van der Waals surface area contributed by atoms with Gasteiger partial charge in [0.2, 0.25) is 0 Å². The number of nitrogens with zero attached hydrogens (tertiary/aromatic N) is 3. The number of hydrogen-bond donors (Lipinski definition) is 1. The molecule has 136 valence electrons. The minimum atomic E-state index is -0.166. The molecular formula is C20H18N4O2S. The molecule has 4 rings (SSSR count). The number of para-hydroxylation sites is 2. The standard InChI is InChI=1S/C20H18N4O2S/c1-24-18-8-3-2-7-17(18)23-19(24)10-21-20(25)14-5-4-6-16(9-14)26-11-15-12-27-13-22-15/h2-9,12-13H,10-11H2,1H3,(H,21,25). The molecule has 0 aliphatic rings. The molecule has 1 N–H and O–H groups in total. The van der Waals surface area contributed by atoms with Crippen molar-refractivity contribution in [2.75, 3.05) is 0 Å². The van der Waals surface area contributed by atoms with Crippen LogP contribution in [-0.4, -0.2) is 20.4 Å². The van der Waals surface area contributed by atoms with Crippen LogP contribution in [0.25, 0.3) is 11.0 Å². The first-order chi connectivity index (χ1) is 13.2. The first kappa shape index (κ1) is 17.2.